The van der Waals surface area contributed by atoms with Crippen molar-refractivity contribution in [1.82, 2.24) is 0 Å². The summed E-state index contributed by atoms with van der Waals surface area (Å²) in [6, 6.07) is 12.3. The first kappa shape index (κ1) is 18.4. The van der Waals surface area contributed by atoms with Crippen molar-refractivity contribution in [3.05, 3.63) is 64.7 Å². The molecule has 0 atom stereocenters. The summed E-state index contributed by atoms with van der Waals surface area (Å²) < 4.78 is 5.01. The number of ketones is 1. The highest BCUT2D eigenvalue weighted by Crippen LogP contribution is 2.11. The number of hydrogen-bond acceptors (Lipinski definition) is 4. The molecule has 0 saturated heterocycles. The molecule has 0 radical (unpaired) electrons. The van der Waals surface area contributed by atoms with Gasteiger partial charge >= 0.3 is 5.97 Å². The number of esters is 1. The Morgan fingerprint density at radius 1 is 0.960 bits per heavy atom. The van der Waals surface area contributed by atoms with Crippen LogP contribution in [0.25, 0.3) is 0 Å². The first-order valence-electron chi connectivity index (χ1n) is 7.98. The summed E-state index contributed by atoms with van der Waals surface area (Å²) in [5.41, 5.74) is 4.23. The molecule has 130 valence electrons. The molecule has 1 N–H and O–H groups in total. The lowest BCUT2D eigenvalue weighted by Gasteiger charge is -2.08. The summed E-state index contributed by atoms with van der Waals surface area (Å²) >= 11 is 0. The zero-order chi connectivity index (χ0) is 18.4. The first-order chi connectivity index (χ1) is 11.8. The molecule has 0 unspecified atom stereocenters. The standard InChI is InChI=1S/C20H21NO4/c1-13-4-5-16(10-14(13)2)11-20(24)25-12-19(23)21-18-8-6-17(7-9-18)15(3)22/h4-10H,11-12H2,1-3H3,(H,21,23). The zero-order valence-electron chi connectivity index (χ0n) is 14.6. The van der Waals surface area contributed by atoms with Gasteiger partial charge in [-0.2, -0.15) is 0 Å². The summed E-state index contributed by atoms with van der Waals surface area (Å²) in [4.78, 5) is 34.9. The van der Waals surface area contributed by atoms with Crippen molar-refractivity contribution in [2.45, 2.75) is 27.2 Å². The average molecular weight is 339 g/mol. The van der Waals surface area contributed by atoms with Crippen molar-refractivity contribution in [2.24, 2.45) is 0 Å². The largest absolute Gasteiger partial charge is 0.455 e. The lowest BCUT2D eigenvalue weighted by atomic mass is 10.0. The van der Waals surface area contributed by atoms with Crippen LogP contribution in [0.3, 0.4) is 0 Å². The van der Waals surface area contributed by atoms with E-state index in [1.54, 1.807) is 24.3 Å². The molecule has 0 saturated carbocycles. The number of rotatable bonds is 6. The monoisotopic (exact) mass is 339 g/mol. The highest BCUT2D eigenvalue weighted by atomic mass is 16.5. The number of nitrogens with one attached hydrogen (secondary N) is 1. The van der Waals surface area contributed by atoms with Gasteiger partial charge in [0.25, 0.3) is 5.91 Å². The molecule has 5 nitrogen and oxygen atoms in total. The Kier molecular flexibility index (Phi) is 6.06. The highest BCUT2D eigenvalue weighted by Gasteiger charge is 2.10. The van der Waals surface area contributed by atoms with E-state index in [0.717, 1.165) is 16.7 Å². The Balaban J connectivity index is 1.81. The van der Waals surface area contributed by atoms with Gasteiger partial charge in [0, 0.05) is 11.3 Å². The molecule has 25 heavy (non-hydrogen) atoms. The maximum absolute atomic E-state index is 11.8. The molecule has 0 spiro atoms. The molecule has 1 amide bonds. The fourth-order valence-electron chi connectivity index (χ4n) is 2.26. The predicted octanol–water partition coefficient (Wildman–Crippen LogP) is 3.23. The van der Waals surface area contributed by atoms with Gasteiger partial charge in [-0.3, -0.25) is 14.4 Å². The summed E-state index contributed by atoms with van der Waals surface area (Å²) in [5.74, 6) is -0.924. The molecule has 0 aliphatic heterocycles. The third-order valence-electron chi connectivity index (χ3n) is 3.86. The van der Waals surface area contributed by atoms with Crippen LogP contribution in [0, 0.1) is 13.8 Å². The molecule has 0 fully saturated rings. The van der Waals surface area contributed by atoms with Crippen molar-refractivity contribution < 1.29 is 19.1 Å². The quantitative estimate of drug-likeness (QED) is 0.648. The van der Waals surface area contributed by atoms with Crippen molar-refractivity contribution in [3.8, 4) is 0 Å². The van der Waals surface area contributed by atoms with Gasteiger partial charge in [0.1, 0.15) is 0 Å². The maximum atomic E-state index is 11.8. The van der Waals surface area contributed by atoms with Crippen LogP contribution >= 0.6 is 0 Å². The van der Waals surface area contributed by atoms with Gasteiger partial charge < -0.3 is 10.1 Å². The van der Waals surface area contributed by atoms with E-state index < -0.39 is 11.9 Å². The minimum absolute atomic E-state index is 0.0434. The number of benzene rings is 2. The second-order valence-corrected chi connectivity index (χ2v) is 5.94. The normalized spacial score (nSPS) is 10.2. The van der Waals surface area contributed by atoms with E-state index in [4.69, 9.17) is 4.74 Å². The fraction of sp³-hybridized carbons (Fsp3) is 0.250. The number of Topliss-reactive ketones (excluding diaryl/α,β-unsaturated/α-hetero) is 1. The fourth-order valence-corrected chi connectivity index (χ4v) is 2.26. The number of amides is 1. The molecule has 2 rings (SSSR count). The van der Waals surface area contributed by atoms with E-state index in [2.05, 4.69) is 5.32 Å². The van der Waals surface area contributed by atoms with Crippen LogP contribution in [-0.4, -0.2) is 24.3 Å². The number of hydrogen-bond donors (Lipinski definition) is 1. The van der Waals surface area contributed by atoms with Crippen LogP contribution in [0.5, 0.6) is 0 Å². The van der Waals surface area contributed by atoms with Crippen LogP contribution in [0.4, 0.5) is 5.69 Å². The van der Waals surface area contributed by atoms with Crippen LogP contribution in [-0.2, 0) is 20.7 Å². The van der Waals surface area contributed by atoms with Gasteiger partial charge in [-0.1, -0.05) is 18.2 Å². The minimum Gasteiger partial charge on any atom is -0.455 e. The lowest BCUT2D eigenvalue weighted by molar-refractivity contribution is -0.146. The Hall–Kier alpha value is -2.95. The van der Waals surface area contributed by atoms with Gasteiger partial charge in [-0.25, -0.2) is 0 Å². The third-order valence-corrected chi connectivity index (χ3v) is 3.86. The summed E-state index contributed by atoms with van der Waals surface area (Å²) in [6.07, 6.45) is 0.127. The summed E-state index contributed by atoms with van der Waals surface area (Å²) in [6.45, 7) is 5.11. The zero-order valence-corrected chi connectivity index (χ0v) is 14.6. The van der Waals surface area contributed by atoms with E-state index in [0.29, 0.717) is 11.3 Å². The smallest absolute Gasteiger partial charge is 0.310 e. The van der Waals surface area contributed by atoms with E-state index >= 15 is 0 Å². The molecule has 2 aromatic rings. The van der Waals surface area contributed by atoms with E-state index in [1.165, 1.54) is 6.92 Å². The highest BCUT2D eigenvalue weighted by molar-refractivity contribution is 5.96. The number of anilines is 1. The van der Waals surface area contributed by atoms with Gasteiger partial charge in [-0.05, 0) is 61.7 Å². The maximum Gasteiger partial charge on any atom is 0.310 e. The first-order valence-corrected chi connectivity index (χ1v) is 7.98. The molecule has 0 aliphatic carbocycles. The Labute approximate surface area is 147 Å². The second kappa shape index (κ2) is 8.24. The molecule has 0 heterocycles. The van der Waals surface area contributed by atoms with E-state index in [-0.39, 0.29) is 18.8 Å². The Morgan fingerprint density at radius 2 is 1.64 bits per heavy atom. The summed E-state index contributed by atoms with van der Waals surface area (Å²) in [5, 5.41) is 2.62. The van der Waals surface area contributed by atoms with Gasteiger partial charge in [0.2, 0.25) is 0 Å². The Bertz CT molecular complexity index is 794. The van der Waals surface area contributed by atoms with E-state index in [9.17, 15) is 14.4 Å². The van der Waals surface area contributed by atoms with E-state index in [1.807, 2.05) is 32.0 Å². The minimum atomic E-state index is -0.453. The molecular weight excluding hydrogens is 318 g/mol. The van der Waals surface area contributed by atoms with Crippen molar-refractivity contribution in [2.75, 3.05) is 11.9 Å². The number of carbonyl (C=O) groups is 3. The van der Waals surface area contributed by atoms with Crippen molar-refractivity contribution in [3.63, 3.8) is 0 Å². The number of carbonyl (C=O) groups excluding carboxylic acids is 3. The van der Waals surface area contributed by atoms with Crippen LogP contribution in [0.1, 0.15) is 34.0 Å². The molecule has 0 aliphatic rings. The third kappa shape index (κ3) is 5.57. The molecular formula is C20H21NO4. The van der Waals surface area contributed by atoms with Gasteiger partial charge in [0.05, 0.1) is 6.42 Å². The predicted molar refractivity (Wildman–Crippen MR) is 95.7 cm³/mol. The van der Waals surface area contributed by atoms with Crippen LogP contribution < -0.4 is 5.32 Å². The topological polar surface area (TPSA) is 72.5 Å². The van der Waals surface area contributed by atoms with Crippen molar-refractivity contribution in [1.29, 1.82) is 0 Å². The average Bonchev–Trinajstić information content (AvgIpc) is 2.57. The Morgan fingerprint density at radius 3 is 2.24 bits per heavy atom. The number of ether oxygens (including phenoxy) is 1. The molecule has 0 bridgehead atoms. The van der Waals surface area contributed by atoms with Gasteiger partial charge in [-0.15, -0.1) is 0 Å². The molecule has 0 aromatic heterocycles. The molecule has 2 aromatic carbocycles. The molecule has 5 heteroatoms. The van der Waals surface area contributed by atoms with Crippen LogP contribution in [0.15, 0.2) is 42.5 Å². The second-order valence-electron chi connectivity index (χ2n) is 5.94. The lowest BCUT2D eigenvalue weighted by Crippen LogP contribution is -2.21. The van der Waals surface area contributed by atoms with Crippen molar-refractivity contribution >= 4 is 23.3 Å². The van der Waals surface area contributed by atoms with Gasteiger partial charge in [0.15, 0.2) is 12.4 Å². The number of aryl methyl sites for hydroxylation is 2. The SMILES string of the molecule is CC(=O)c1ccc(NC(=O)COC(=O)Cc2ccc(C)c(C)c2)cc1. The summed E-state index contributed by atoms with van der Waals surface area (Å²) in [7, 11) is 0. The van der Waals surface area contributed by atoms with Crippen LogP contribution in [0.2, 0.25) is 0 Å².